The lowest BCUT2D eigenvalue weighted by atomic mass is 9.88. The van der Waals surface area contributed by atoms with Crippen molar-refractivity contribution in [1.82, 2.24) is 25.2 Å². The third kappa shape index (κ3) is 9.16. The van der Waals surface area contributed by atoms with Crippen LogP contribution >= 0.6 is 0 Å². The summed E-state index contributed by atoms with van der Waals surface area (Å²) in [4.78, 5) is 64.5. The highest BCUT2D eigenvalue weighted by atomic mass is 32.2. The van der Waals surface area contributed by atoms with Crippen LogP contribution in [-0.4, -0.2) is 104 Å². The molecule has 16 heteroatoms. The molecule has 7 unspecified atom stereocenters. The van der Waals surface area contributed by atoms with Gasteiger partial charge in [-0.05, 0) is 101 Å². The molecular formula is C40H56N6O9S. The van der Waals surface area contributed by atoms with Crippen molar-refractivity contribution in [2.45, 2.75) is 114 Å². The molecule has 2 aliphatic carbocycles. The summed E-state index contributed by atoms with van der Waals surface area (Å²) in [5.41, 5.74) is -2.35. The van der Waals surface area contributed by atoms with Crippen LogP contribution in [0.25, 0.3) is 10.8 Å². The number of aromatic nitrogens is 1. The number of methoxy groups -OCH3 is 1. The fraction of sp³-hybridized carbons (Fsp3) is 0.625. The molecule has 1 aromatic carbocycles. The Labute approximate surface area is 329 Å². The molecule has 7 atom stereocenters. The van der Waals surface area contributed by atoms with E-state index in [4.69, 9.17) is 19.2 Å². The van der Waals surface area contributed by atoms with E-state index in [0.717, 1.165) is 11.8 Å². The zero-order chi connectivity index (χ0) is 40.7. The first kappa shape index (κ1) is 41.0. The van der Waals surface area contributed by atoms with Gasteiger partial charge in [-0.1, -0.05) is 26.0 Å². The standard InChI is InChI=1S/C40H56N6O9S/c1-23-11-9-10-12-26-21-40(26,37(49)44-56(51,52)29-14-15-29)43-34(47)31-20-28(22-46(31)36(48)33(24(2)17-23)42-38(50)55-39(3,4)5)54-35-30-16-13-27(53-8)18-25(30)19-32(41-35)45(6)7/h10,12-13,16,18-19,23-24,26,28-29,31,33H,9,11,14-15,17,20-22H2,1-8H3,(H,42,50)(H,43,47)(H,44,49). The Kier molecular flexibility index (Phi) is 11.5. The summed E-state index contributed by atoms with van der Waals surface area (Å²) in [7, 11) is 1.39. The lowest BCUT2D eigenvalue weighted by Gasteiger charge is -2.33. The predicted octanol–water partition coefficient (Wildman–Crippen LogP) is 4.05. The molecule has 2 aromatic rings. The van der Waals surface area contributed by atoms with E-state index in [1.54, 1.807) is 33.9 Å². The minimum Gasteiger partial charge on any atom is -0.497 e. The van der Waals surface area contributed by atoms with Crippen molar-refractivity contribution in [2.24, 2.45) is 17.8 Å². The Bertz CT molecular complexity index is 1990. The highest BCUT2D eigenvalue weighted by Gasteiger charge is 2.62. The summed E-state index contributed by atoms with van der Waals surface area (Å²) in [6, 6.07) is 5.22. The van der Waals surface area contributed by atoms with Gasteiger partial charge < -0.3 is 34.6 Å². The number of carbonyl (C=O) groups excluding carboxylic acids is 4. The third-order valence-electron chi connectivity index (χ3n) is 11.0. The van der Waals surface area contributed by atoms with E-state index in [2.05, 4.69) is 22.3 Å². The van der Waals surface area contributed by atoms with Crippen molar-refractivity contribution in [3.05, 3.63) is 36.4 Å². The fourth-order valence-electron chi connectivity index (χ4n) is 7.73. The zero-order valence-electron chi connectivity index (χ0n) is 33.6. The molecule has 3 fully saturated rings. The first-order valence-corrected chi connectivity index (χ1v) is 21.0. The second kappa shape index (κ2) is 15.7. The number of nitrogens with one attached hydrogen (secondary N) is 3. The Morgan fingerprint density at radius 3 is 2.46 bits per heavy atom. The Morgan fingerprint density at radius 1 is 1.07 bits per heavy atom. The van der Waals surface area contributed by atoms with Gasteiger partial charge in [0, 0.05) is 31.8 Å². The number of hydrogen-bond donors (Lipinski definition) is 3. The van der Waals surface area contributed by atoms with E-state index in [1.807, 2.05) is 56.3 Å². The molecule has 0 spiro atoms. The van der Waals surface area contributed by atoms with Gasteiger partial charge in [0.2, 0.25) is 27.7 Å². The lowest BCUT2D eigenvalue weighted by Crippen LogP contribution is -2.59. The molecule has 2 saturated carbocycles. The van der Waals surface area contributed by atoms with Gasteiger partial charge in [-0.3, -0.25) is 19.1 Å². The second-order valence-corrected chi connectivity index (χ2v) is 19.1. The molecule has 0 bridgehead atoms. The Balaban J connectivity index is 1.37. The molecular weight excluding hydrogens is 741 g/mol. The number of hydrogen-bond acceptors (Lipinski definition) is 11. The highest BCUT2D eigenvalue weighted by molar-refractivity contribution is 7.91. The van der Waals surface area contributed by atoms with Crippen molar-refractivity contribution in [3.8, 4) is 11.6 Å². The van der Waals surface area contributed by atoms with E-state index in [-0.39, 0.29) is 31.2 Å². The van der Waals surface area contributed by atoms with Gasteiger partial charge in [-0.15, -0.1) is 0 Å². The van der Waals surface area contributed by atoms with Crippen molar-refractivity contribution in [3.63, 3.8) is 0 Å². The number of rotatable bonds is 8. The molecule has 4 aliphatic rings. The molecule has 0 radical (unpaired) electrons. The molecule has 1 aromatic heterocycles. The maximum absolute atomic E-state index is 14.8. The topological polar surface area (TPSA) is 186 Å². The summed E-state index contributed by atoms with van der Waals surface area (Å²) in [6.45, 7) is 9.15. The number of anilines is 1. The van der Waals surface area contributed by atoms with Crippen LogP contribution < -0.4 is 29.7 Å². The highest BCUT2D eigenvalue weighted by Crippen LogP contribution is 2.46. The number of ether oxygens (including phenoxy) is 3. The maximum Gasteiger partial charge on any atom is 0.408 e. The van der Waals surface area contributed by atoms with E-state index in [9.17, 15) is 27.6 Å². The van der Waals surface area contributed by atoms with Gasteiger partial charge >= 0.3 is 6.09 Å². The predicted molar refractivity (Wildman–Crippen MR) is 211 cm³/mol. The van der Waals surface area contributed by atoms with Crippen molar-refractivity contribution < 1.29 is 41.8 Å². The van der Waals surface area contributed by atoms with Crippen LogP contribution in [0.2, 0.25) is 0 Å². The SMILES string of the molecule is COc1ccc2c(OC3CC4C(=O)NC5(C(=O)NS(=O)(=O)C6CC6)CC5C=CCCC(C)CC(C)C(NC(=O)OC(C)(C)C)C(=O)N4C3)nc(N(C)C)cc2c1. The number of benzene rings is 1. The average molecular weight is 797 g/mol. The molecule has 4 amide bonds. The Hall–Kier alpha value is -4.60. The molecule has 56 heavy (non-hydrogen) atoms. The molecule has 3 N–H and O–H groups in total. The monoisotopic (exact) mass is 796 g/mol. The van der Waals surface area contributed by atoms with Gasteiger partial charge in [0.15, 0.2) is 0 Å². The summed E-state index contributed by atoms with van der Waals surface area (Å²) < 4.78 is 45.7. The largest absolute Gasteiger partial charge is 0.497 e. The van der Waals surface area contributed by atoms with Gasteiger partial charge in [0.25, 0.3) is 5.91 Å². The maximum atomic E-state index is 14.8. The average Bonchev–Trinajstić information content (AvgIpc) is 4.04. The zero-order valence-corrected chi connectivity index (χ0v) is 34.4. The summed E-state index contributed by atoms with van der Waals surface area (Å²) in [6.07, 6.45) is 5.56. The quantitative estimate of drug-likeness (QED) is 0.328. The van der Waals surface area contributed by atoms with E-state index in [0.29, 0.717) is 48.5 Å². The van der Waals surface area contributed by atoms with Gasteiger partial charge in [0.1, 0.15) is 40.9 Å². The molecule has 6 rings (SSSR count). The van der Waals surface area contributed by atoms with Gasteiger partial charge in [-0.2, -0.15) is 4.98 Å². The molecule has 1 saturated heterocycles. The van der Waals surface area contributed by atoms with Gasteiger partial charge in [0.05, 0.1) is 18.9 Å². The van der Waals surface area contributed by atoms with Crippen LogP contribution in [0.4, 0.5) is 10.6 Å². The van der Waals surface area contributed by atoms with Crippen molar-refractivity contribution >= 4 is 50.4 Å². The number of sulfonamides is 1. The van der Waals surface area contributed by atoms with Crippen LogP contribution in [0.15, 0.2) is 36.4 Å². The summed E-state index contributed by atoms with van der Waals surface area (Å²) in [5.74, 6) is -0.993. The van der Waals surface area contributed by atoms with E-state index >= 15 is 0 Å². The number of pyridine rings is 1. The molecule has 306 valence electrons. The van der Waals surface area contributed by atoms with Gasteiger partial charge in [-0.25, -0.2) is 13.2 Å². The number of fused-ring (bicyclic) bond motifs is 3. The van der Waals surface area contributed by atoms with Crippen molar-refractivity contribution in [1.29, 1.82) is 0 Å². The van der Waals surface area contributed by atoms with Crippen molar-refractivity contribution in [2.75, 3.05) is 32.6 Å². The molecule has 2 aliphatic heterocycles. The molecule has 3 heterocycles. The number of amides is 4. The smallest absolute Gasteiger partial charge is 0.408 e. The van der Waals surface area contributed by atoms with E-state index in [1.165, 1.54) is 4.90 Å². The minimum absolute atomic E-state index is 0.0319. The Morgan fingerprint density at radius 2 is 1.80 bits per heavy atom. The van der Waals surface area contributed by atoms with Crippen LogP contribution in [0.5, 0.6) is 11.6 Å². The third-order valence-corrected chi connectivity index (χ3v) is 12.8. The number of nitrogens with zero attached hydrogens (tertiary/aromatic N) is 3. The normalized spacial score (nSPS) is 28.5. The number of carbonyl (C=O) groups is 4. The lowest BCUT2D eigenvalue weighted by molar-refractivity contribution is -0.142. The fourth-order valence-corrected chi connectivity index (χ4v) is 9.09. The first-order valence-electron chi connectivity index (χ1n) is 19.5. The number of alkyl carbamates (subject to hydrolysis) is 1. The minimum atomic E-state index is -3.91. The first-order chi connectivity index (χ1) is 26.3. The van der Waals surface area contributed by atoms with Crippen LogP contribution in [0.1, 0.15) is 79.6 Å². The number of allylic oxidation sites excluding steroid dienone is 1. The molecule has 15 nitrogen and oxygen atoms in total. The van der Waals surface area contributed by atoms with Crippen LogP contribution in [0, 0.1) is 17.8 Å². The van der Waals surface area contributed by atoms with Crippen LogP contribution in [0.3, 0.4) is 0 Å². The second-order valence-electron chi connectivity index (χ2n) is 17.1. The van der Waals surface area contributed by atoms with Crippen LogP contribution in [-0.2, 0) is 29.1 Å². The van der Waals surface area contributed by atoms with E-state index < -0.39 is 74.3 Å². The summed E-state index contributed by atoms with van der Waals surface area (Å²) >= 11 is 0. The summed E-state index contributed by atoms with van der Waals surface area (Å²) in [5, 5.41) is 6.60.